The maximum Gasteiger partial charge on any atom is 0.408 e. The van der Waals surface area contributed by atoms with Crippen molar-refractivity contribution in [1.29, 1.82) is 0 Å². The van der Waals surface area contributed by atoms with Crippen molar-refractivity contribution in [1.82, 2.24) is 15.5 Å². The van der Waals surface area contributed by atoms with Crippen LogP contribution in [0.15, 0.2) is 24.3 Å². The molecular weight excluding hydrogens is 414 g/mol. The molecule has 0 aliphatic carbocycles. The lowest BCUT2D eigenvalue weighted by Gasteiger charge is -2.33. The quantitative estimate of drug-likeness (QED) is 0.383. The summed E-state index contributed by atoms with van der Waals surface area (Å²) in [6.07, 6.45) is 2.00. The van der Waals surface area contributed by atoms with Crippen molar-refractivity contribution in [3.63, 3.8) is 0 Å². The fraction of sp³-hybridized carbons (Fsp3) is 0.609. The van der Waals surface area contributed by atoms with Gasteiger partial charge in [0.05, 0.1) is 6.61 Å². The Kier molecular flexibility index (Phi) is 11.0. The number of hydrogen-bond donors (Lipinski definition) is 4. The van der Waals surface area contributed by atoms with Gasteiger partial charge in [-0.2, -0.15) is 0 Å². The van der Waals surface area contributed by atoms with Crippen molar-refractivity contribution >= 4 is 17.9 Å². The highest BCUT2D eigenvalue weighted by molar-refractivity contribution is 5.92. The van der Waals surface area contributed by atoms with E-state index in [1.165, 1.54) is 24.0 Å². The van der Waals surface area contributed by atoms with Gasteiger partial charge in [-0.3, -0.25) is 9.59 Å². The van der Waals surface area contributed by atoms with Gasteiger partial charge in [0, 0.05) is 13.1 Å². The minimum absolute atomic E-state index is 0.0239. The molecule has 0 spiro atoms. The van der Waals surface area contributed by atoms with E-state index >= 15 is 0 Å². The number of phenolic OH excluding ortho intramolecular Hbond substituents is 1. The molecule has 0 heterocycles. The third kappa shape index (κ3) is 9.13. The Balaban J connectivity index is 3.13. The molecular formula is C23H37N3O6. The molecule has 0 radical (unpaired) electrons. The van der Waals surface area contributed by atoms with Crippen molar-refractivity contribution in [3.05, 3.63) is 29.8 Å². The maximum atomic E-state index is 13.2. The summed E-state index contributed by atoms with van der Waals surface area (Å²) < 4.78 is 5.20. The summed E-state index contributed by atoms with van der Waals surface area (Å²) in [5.74, 6) is -0.930. The molecule has 2 atom stereocenters. The van der Waals surface area contributed by atoms with Crippen LogP contribution in [-0.4, -0.2) is 64.4 Å². The number of carbonyl (C=O) groups excluding carboxylic acids is 3. The Morgan fingerprint density at radius 3 is 2.28 bits per heavy atom. The number of amides is 3. The molecule has 4 N–H and O–H groups in total. The van der Waals surface area contributed by atoms with Gasteiger partial charge in [0.15, 0.2) is 0 Å². The molecule has 0 aliphatic rings. The second kappa shape index (κ2) is 12.9. The van der Waals surface area contributed by atoms with E-state index in [1.807, 2.05) is 0 Å². The molecule has 0 saturated carbocycles. The summed E-state index contributed by atoms with van der Waals surface area (Å²) in [6.45, 7) is 8.64. The molecule has 180 valence electrons. The van der Waals surface area contributed by atoms with E-state index in [4.69, 9.17) is 4.74 Å². The number of unbranched alkanes of at least 4 members (excludes halogenated alkanes) is 2. The molecule has 2 unspecified atom stereocenters. The summed E-state index contributed by atoms with van der Waals surface area (Å²) in [6, 6.07) is 3.92. The Labute approximate surface area is 190 Å². The number of nitrogens with one attached hydrogen (secondary N) is 2. The molecule has 32 heavy (non-hydrogen) atoms. The lowest BCUT2D eigenvalue weighted by Crippen LogP contribution is -2.52. The molecule has 1 aromatic rings. The highest BCUT2D eigenvalue weighted by Gasteiger charge is 2.34. The topological polar surface area (TPSA) is 128 Å². The van der Waals surface area contributed by atoms with Gasteiger partial charge in [-0.25, -0.2) is 4.79 Å². The fourth-order valence-corrected chi connectivity index (χ4v) is 3.08. The summed E-state index contributed by atoms with van der Waals surface area (Å²) in [7, 11) is 0. The fourth-order valence-electron chi connectivity index (χ4n) is 3.08. The van der Waals surface area contributed by atoms with E-state index in [0.717, 1.165) is 19.3 Å². The van der Waals surface area contributed by atoms with Gasteiger partial charge in [-0.05, 0) is 51.8 Å². The first kappa shape index (κ1) is 27.2. The van der Waals surface area contributed by atoms with Gasteiger partial charge in [0.2, 0.25) is 11.8 Å². The van der Waals surface area contributed by atoms with Crippen LogP contribution in [0, 0.1) is 0 Å². The maximum absolute atomic E-state index is 13.2. The van der Waals surface area contributed by atoms with Crippen molar-refractivity contribution in [2.24, 2.45) is 0 Å². The Morgan fingerprint density at radius 1 is 1.12 bits per heavy atom. The first-order valence-corrected chi connectivity index (χ1v) is 11.0. The normalized spacial score (nSPS) is 13.1. The first-order valence-electron chi connectivity index (χ1n) is 11.0. The van der Waals surface area contributed by atoms with E-state index in [1.54, 1.807) is 32.9 Å². The van der Waals surface area contributed by atoms with Gasteiger partial charge < -0.3 is 30.5 Å². The molecule has 0 fully saturated rings. The highest BCUT2D eigenvalue weighted by Crippen LogP contribution is 2.24. The number of nitrogens with zero attached hydrogens (tertiary/aromatic N) is 1. The van der Waals surface area contributed by atoms with Gasteiger partial charge in [-0.15, -0.1) is 0 Å². The zero-order valence-corrected chi connectivity index (χ0v) is 19.7. The molecule has 0 bridgehead atoms. The molecule has 0 aliphatic heterocycles. The summed E-state index contributed by atoms with van der Waals surface area (Å²) >= 11 is 0. The predicted octanol–water partition coefficient (Wildman–Crippen LogP) is 2.47. The predicted molar refractivity (Wildman–Crippen MR) is 121 cm³/mol. The number of phenols is 1. The standard InChI is InChI=1S/C23H37N3O6/c1-6-7-8-13-24-20(29)19(17-9-11-18(28)12-10-17)26(14-15-27)21(30)16(2)25-22(31)32-23(3,4)5/h9-12,16,19,27-28H,6-8,13-15H2,1-5H3,(H,24,29)(H,25,31). The van der Waals surface area contributed by atoms with E-state index in [2.05, 4.69) is 17.6 Å². The van der Waals surface area contributed by atoms with Gasteiger partial charge in [0.1, 0.15) is 23.4 Å². The SMILES string of the molecule is CCCCCNC(=O)C(c1ccc(O)cc1)N(CCO)C(=O)C(C)NC(=O)OC(C)(C)C. The van der Waals surface area contributed by atoms with Crippen LogP contribution in [0.25, 0.3) is 0 Å². The molecule has 9 nitrogen and oxygen atoms in total. The zero-order valence-electron chi connectivity index (χ0n) is 19.7. The third-order valence-corrected chi connectivity index (χ3v) is 4.58. The van der Waals surface area contributed by atoms with Crippen LogP contribution < -0.4 is 10.6 Å². The number of ether oxygens (including phenoxy) is 1. The van der Waals surface area contributed by atoms with E-state index in [0.29, 0.717) is 12.1 Å². The Hall–Kier alpha value is -2.81. The molecule has 9 heteroatoms. The number of rotatable bonds is 11. The Morgan fingerprint density at radius 2 is 1.75 bits per heavy atom. The molecule has 0 aromatic heterocycles. The molecule has 0 saturated heterocycles. The number of aliphatic hydroxyl groups excluding tert-OH is 1. The van der Waals surface area contributed by atoms with Crippen molar-refractivity contribution in [3.8, 4) is 5.75 Å². The number of hydrogen-bond acceptors (Lipinski definition) is 6. The van der Waals surface area contributed by atoms with Crippen molar-refractivity contribution < 1.29 is 29.3 Å². The number of aliphatic hydroxyl groups is 1. The van der Waals surface area contributed by atoms with Crippen LogP contribution in [0.4, 0.5) is 4.79 Å². The summed E-state index contributed by atoms with van der Waals surface area (Å²) in [4.78, 5) is 39.6. The molecule has 3 amide bonds. The van der Waals surface area contributed by atoms with E-state index < -0.39 is 35.6 Å². The minimum atomic E-state index is -1.04. The average molecular weight is 452 g/mol. The zero-order chi connectivity index (χ0) is 24.3. The van der Waals surface area contributed by atoms with E-state index in [-0.39, 0.29) is 18.9 Å². The number of carbonyl (C=O) groups is 3. The summed E-state index contributed by atoms with van der Waals surface area (Å²) in [5.41, 5.74) is -0.257. The van der Waals surface area contributed by atoms with Crippen LogP contribution in [0.1, 0.15) is 65.5 Å². The second-order valence-electron chi connectivity index (χ2n) is 8.62. The van der Waals surface area contributed by atoms with Gasteiger partial charge in [0.25, 0.3) is 0 Å². The Bertz CT molecular complexity index is 745. The molecule has 1 aromatic carbocycles. The van der Waals surface area contributed by atoms with Crippen LogP contribution in [-0.2, 0) is 14.3 Å². The van der Waals surface area contributed by atoms with Gasteiger partial charge >= 0.3 is 6.09 Å². The lowest BCUT2D eigenvalue weighted by atomic mass is 10.0. The number of benzene rings is 1. The smallest absolute Gasteiger partial charge is 0.408 e. The number of aromatic hydroxyl groups is 1. The van der Waals surface area contributed by atoms with Crippen LogP contribution in [0.2, 0.25) is 0 Å². The second-order valence-corrected chi connectivity index (χ2v) is 8.62. The summed E-state index contributed by atoms with van der Waals surface area (Å²) in [5, 5.41) is 24.5. The first-order chi connectivity index (χ1) is 15.0. The third-order valence-electron chi connectivity index (χ3n) is 4.58. The van der Waals surface area contributed by atoms with Crippen LogP contribution >= 0.6 is 0 Å². The highest BCUT2D eigenvalue weighted by atomic mass is 16.6. The van der Waals surface area contributed by atoms with E-state index in [9.17, 15) is 24.6 Å². The van der Waals surface area contributed by atoms with Crippen molar-refractivity contribution in [2.75, 3.05) is 19.7 Å². The van der Waals surface area contributed by atoms with Crippen LogP contribution in [0.5, 0.6) is 5.75 Å². The van der Waals surface area contributed by atoms with Crippen LogP contribution in [0.3, 0.4) is 0 Å². The number of alkyl carbamates (subject to hydrolysis) is 1. The molecule has 1 rings (SSSR count). The van der Waals surface area contributed by atoms with Gasteiger partial charge in [-0.1, -0.05) is 31.9 Å². The average Bonchev–Trinajstić information content (AvgIpc) is 2.70. The largest absolute Gasteiger partial charge is 0.508 e. The lowest BCUT2D eigenvalue weighted by molar-refractivity contribution is -0.142. The van der Waals surface area contributed by atoms with Crippen molar-refractivity contribution in [2.45, 2.75) is 71.6 Å². The monoisotopic (exact) mass is 451 g/mol. The minimum Gasteiger partial charge on any atom is -0.508 e.